The summed E-state index contributed by atoms with van der Waals surface area (Å²) in [5.74, 6) is 1.09. The maximum absolute atomic E-state index is 12.5. The molecule has 28 heavy (non-hydrogen) atoms. The van der Waals surface area contributed by atoms with Crippen LogP contribution in [0.3, 0.4) is 0 Å². The van der Waals surface area contributed by atoms with Gasteiger partial charge < -0.3 is 29.3 Å². The third-order valence-corrected chi connectivity index (χ3v) is 5.47. The highest BCUT2D eigenvalue weighted by Crippen LogP contribution is 2.16. The zero-order chi connectivity index (χ0) is 19.6. The van der Waals surface area contributed by atoms with Crippen molar-refractivity contribution in [3.05, 3.63) is 0 Å². The lowest BCUT2D eigenvalue weighted by Crippen LogP contribution is -2.55. The third-order valence-electron chi connectivity index (χ3n) is 5.47. The van der Waals surface area contributed by atoms with Crippen LogP contribution in [0, 0.1) is 0 Å². The summed E-state index contributed by atoms with van der Waals surface area (Å²) in [7, 11) is 0. The molecule has 3 aliphatic rings. The summed E-state index contributed by atoms with van der Waals surface area (Å²) >= 11 is 0. The van der Waals surface area contributed by atoms with E-state index in [1.807, 2.05) is 4.90 Å². The molecule has 3 saturated heterocycles. The normalized spacial score (nSPS) is 26.1. The van der Waals surface area contributed by atoms with E-state index in [-0.39, 0.29) is 18.1 Å². The summed E-state index contributed by atoms with van der Waals surface area (Å²) < 4.78 is 16.8. The fraction of sp³-hybridized carbons (Fsp3) is 0.900. The SMILES string of the molecule is CCNC(=NCCCOCC1CCCO1)N1CCN(C(=O)C2CCCO2)CC1. The Morgan fingerprint density at radius 2 is 1.86 bits per heavy atom. The maximum Gasteiger partial charge on any atom is 0.251 e. The molecular formula is C20H36N4O4. The quantitative estimate of drug-likeness (QED) is 0.373. The van der Waals surface area contributed by atoms with Crippen molar-refractivity contribution in [2.24, 2.45) is 4.99 Å². The molecular weight excluding hydrogens is 360 g/mol. The Labute approximate surface area is 168 Å². The summed E-state index contributed by atoms with van der Waals surface area (Å²) in [6, 6.07) is 0. The first kappa shape index (κ1) is 21.3. The second kappa shape index (κ2) is 11.6. The number of aliphatic imine (C=N–C) groups is 1. The van der Waals surface area contributed by atoms with Gasteiger partial charge in [0.15, 0.2) is 5.96 Å². The van der Waals surface area contributed by atoms with Crippen molar-refractivity contribution in [2.75, 3.05) is 65.7 Å². The van der Waals surface area contributed by atoms with Crippen molar-refractivity contribution in [1.82, 2.24) is 15.1 Å². The van der Waals surface area contributed by atoms with Gasteiger partial charge in [-0.1, -0.05) is 0 Å². The van der Waals surface area contributed by atoms with Crippen molar-refractivity contribution >= 4 is 11.9 Å². The van der Waals surface area contributed by atoms with Crippen LogP contribution in [0.5, 0.6) is 0 Å². The van der Waals surface area contributed by atoms with Gasteiger partial charge in [-0.2, -0.15) is 0 Å². The molecule has 1 amide bonds. The summed E-state index contributed by atoms with van der Waals surface area (Å²) in [6.45, 7) is 9.73. The third kappa shape index (κ3) is 6.32. The molecule has 8 heteroatoms. The molecule has 2 unspecified atom stereocenters. The van der Waals surface area contributed by atoms with E-state index in [0.29, 0.717) is 19.8 Å². The molecule has 2 atom stereocenters. The Morgan fingerprint density at radius 1 is 1.11 bits per heavy atom. The van der Waals surface area contributed by atoms with E-state index in [4.69, 9.17) is 19.2 Å². The fourth-order valence-corrected chi connectivity index (χ4v) is 3.88. The Bertz CT molecular complexity index is 496. The molecule has 3 rings (SSSR count). The minimum atomic E-state index is -0.219. The van der Waals surface area contributed by atoms with E-state index in [1.165, 1.54) is 0 Å². The first-order chi connectivity index (χ1) is 13.8. The largest absolute Gasteiger partial charge is 0.379 e. The van der Waals surface area contributed by atoms with E-state index in [1.54, 1.807) is 0 Å². The topological polar surface area (TPSA) is 75.6 Å². The lowest BCUT2D eigenvalue weighted by atomic mass is 10.2. The van der Waals surface area contributed by atoms with Crippen LogP contribution in [0.1, 0.15) is 39.0 Å². The van der Waals surface area contributed by atoms with Crippen LogP contribution in [0.15, 0.2) is 4.99 Å². The van der Waals surface area contributed by atoms with Gasteiger partial charge in [0.2, 0.25) is 0 Å². The van der Waals surface area contributed by atoms with E-state index >= 15 is 0 Å². The smallest absolute Gasteiger partial charge is 0.251 e. The molecule has 0 aromatic carbocycles. The number of ether oxygens (including phenoxy) is 3. The van der Waals surface area contributed by atoms with E-state index in [0.717, 1.165) is 83.9 Å². The highest BCUT2D eigenvalue weighted by molar-refractivity contribution is 5.82. The van der Waals surface area contributed by atoms with E-state index in [9.17, 15) is 4.79 Å². The first-order valence-electron chi connectivity index (χ1n) is 10.9. The molecule has 0 aliphatic carbocycles. The molecule has 0 aromatic rings. The second-order valence-corrected chi connectivity index (χ2v) is 7.61. The van der Waals surface area contributed by atoms with Crippen LogP contribution in [-0.2, 0) is 19.0 Å². The maximum atomic E-state index is 12.5. The van der Waals surface area contributed by atoms with Crippen LogP contribution >= 0.6 is 0 Å². The summed E-state index contributed by atoms with van der Waals surface area (Å²) in [6.07, 6.45) is 5.08. The molecule has 3 heterocycles. The van der Waals surface area contributed by atoms with Crippen LogP contribution in [-0.4, -0.2) is 99.6 Å². The van der Waals surface area contributed by atoms with Gasteiger partial charge in [0.05, 0.1) is 12.7 Å². The number of nitrogens with one attached hydrogen (secondary N) is 1. The Hall–Kier alpha value is -1.38. The van der Waals surface area contributed by atoms with Gasteiger partial charge in [-0.05, 0) is 39.0 Å². The van der Waals surface area contributed by atoms with Crippen molar-refractivity contribution in [1.29, 1.82) is 0 Å². The molecule has 0 aromatic heterocycles. The molecule has 0 saturated carbocycles. The van der Waals surface area contributed by atoms with Gasteiger partial charge in [-0.3, -0.25) is 9.79 Å². The summed E-state index contributed by atoms with van der Waals surface area (Å²) in [5, 5.41) is 3.37. The van der Waals surface area contributed by atoms with Crippen LogP contribution < -0.4 is 5.32 Å². The number of rotatable bonds is 8. The second-order valence-electron chi connectivity index (χ2n) is 7.61. The molecule has 0 bridgehead atoms. The number of carbonyl (C=O) groups is 1. The monoisotopic (exact) mass is 396 g/mol. The van der Waals surface area contributed by atoms with Crippen LogP contribution in [0.2, 0.25) is 0 Å². The Kier molecular flexibility index (Phi) is 8.82. The van der Waals surface area contributed by atoms with Crippen LogP contribution in [0.25, 0.3) is 0 Å². The Morgan fingerprint density at radius 3 is 2.54 bits per heavy atom. The molecule has 3 aliphatic heterocycles. The predicted molar refractivity (Wildman–Crippen MR) is 108 cm³/mol. The first-order valence-corrected chi connectivity index (χ1v) is 10.9. The molecule has 160 valence electrons. The average molecular weight is 397 g/mol. The van der Waals surface area contributed by atoms with Crippen molar-refractivity contribution in [2.45, 2.75) is 51.2 Å². The minimum absolute atomic E-state index is 0.155. The van der Waals surface area contributed by atoms with Gasteiger partial charge in [0.25, 0.3) is 5.91 Å². The van der Waals surface area contributed by atoms with Gasteiger partial charge >= 0.3 is 0 Å². The predicted octanol–water partition coefficient (Wildman–Crippen LogP) is 0.861. The average Bonchev–Trinajstić information content (AvgIpc) is 3.43. The highest BCUT2D eigenvalue weighted by atomic mass is 16.5. The molecule has 1 N–H and O–H groups in total. The summed E-state index contributed by atoms with van der Waals surface area (Å²) in [4.78, 5) is 21.4. The zero-order valence-corrected chi connectivity index (χ0v) is 17.2. The lowest BCUT2D eigenvalue weighted by molar-refractivity contribution is -0.142. The van der Waals surface area contributed by atoms with Crippen molar-refractivity contribution < 1.29 is 19.0 Å². The van der Waals surface area contributed by atoms with Gasteiger partial charge in [-0.15, -0.1) is 0 Å². The van der Waals surface area contributed by atoms with Crippen molar-refractivity contribution in [3.8, 4) is 0 Å². The lowest BCUT2D eigenvalue weighted by Gasteiger charge is -2.37. The standard InChI is InChI=1S/C20H36N4O4/c1-2-21-20(22-8-5-13-26-16-17-6-3-14-27-17)24-11-9-23(10-12-24)19(25)18-7-4-15-28-18/h17-18H,2-16H2,1H3,(H,21,22). The number of nitrogens with zero attached hydrogens (tertiary/aromatic N) is 3. The number of guanidine groups is 1. The zero-order valence-electron chi connectivity index (χ0n) is 17.2. The number of carbonyl (C=O) groups excluding carboxylic acids is 1. The highest BCUT2D eigenvalue weighted by Gasteiger charge is 2.30. The van der Waals surface area contributed by atoms with Gasteiger partial charge in [0, 0.05) is 59.1 Å². The number of piperazine rings is 1. The molecule has 8 nitrogen and oxygen atoms in total. The van der Waals surface area contributed by atoms with Gasteiger partial charge in [-0.25, -0.2) is 0 Å². The number of hydrogen-bond donors (Lipinski definition) is 1. The minimum Gasteiger partial charge on any atom is -0.379 e. The van der Waals surface area contributed by atoms with Gasteiger partial charge in [0.1, 0.15) is 6.10 Å². The molecule has 0 radical (unpaired) electrons. The molecule has 3 fully saturated rings. The number of hydrogen-bond acceptors (Lipinski definition) is 5. The van der Waals surface area contributed by atoms with Crippen LogP contribution in [0.4, 0.5) is 0 Å². The number of amides is 1. The fourth-order valence-electron chi connectivity index (χ4n) is 3.88. The van der Waals surface area contributed by atoms with Crippen molar-refractivity contribution in [3.63, 3.8) is 0 Å². The molecule has 0 spiro atoms. The summed E-state index contributed by atoms with van der Waals surface area (Å²) in [5.41, 5.74) is 0. The van der Waals surface area contributed by atoms with E-state index < -0.39 is 0 Å². The Balaban J connectivity index is 1.35. The van der Waals surface area contributed by atoms with E-state index in [2.05, 4.69) is 17.1 Å².